The van der Waals surface area contributed by atoms with Crippen molar-refractivity contribution in [2.24, 2.45) is 0 Å². The van der Waals surface area contributed by atoms with Crippen LogP contribution in [0.25, 0.3) is 91.5 Å². The van der Waals surface area contributed by atoms with Crippen LogP contribution in [0.2, 0.25) is 0 Å². The highest BCUT2D eigenvalue weighted by Gasteiger charge is 2.17. The van der Waals surface area contributed by atoms with Gasteiger partial charge >= 0.3 is 0 Å². The Hall–Kier alpha value is -7.46. The summed E-state index contributed by atoms with van der Waals surface area (Å²) < 4.78 is 5.02. The lowest BCUT2D eigenvalue weighted by molar-refractivity contribution is 1.18. The first-order valence-electron chi connectivity index (χ1n) is 20.2. The van der Waals surface area contributed by atoms with Crippen LogP contribution in [-0.4, -0.2) is 4.57 Å². The van der Waals surface area contributed by atoms with Crippen molar-refractivity contribution < 1.29 is 0 Å². The second-order valence-electron chi connectivity index (χ2n) is 15.4. The maximum atomic E-state index is 2.39. The Kier molecular flexibility index (Phi) is 7.75. The van der Waals surface area contributed by atoms with E-state index >= 15 is 0 Å². The van der Waals surface area contributed by atoms with Gasteiger partial charge in [-0.2, -0.15) is 0 Å². The Morgan fingerprint density at radius 2 is 0.831 bits per heavy atom. The SMILES string of the molecule is c1ccc(-n2c3ccccc3c3cc(-c4ccc(N(c5ccc(-c6ccc7sc8ccccc8c7c6)cc5)c5ccc6ccc7ccccc7c6c5)cc4)ccc32)cc1. The quantitative estimate of drug-likeness (QED) is 0.153. The van der Waals surface area contributed by atoms with Crippen molar-refractivity contribution in [1.29, 1.82) is 0 Å². The monoisotopic (exact) mass is 768 g/mol. The van der Waals surface area contributed by atoms with E-state index in [-0.39, 0.29) is 0 Å². The molecule has 10 aromatic carbocycles. The van der Waals surface area contributed by atoms with Crippen LogP contribution in [-0.2, 0) is 0 Å². The summed E-state index contributed by atoms with van der Waals surface area (Å²) in [6.07, 6.45) is 0. The third-order valence-electron chi connectivity index (χ3n) is 12.0. The first-order valence-corrected chi connectivity index (χ1v) is 21.0. The van der Waals surface area contributed by atoms with Gasteiger partial charge in [0.1, 0.15) is 0 Å². The molecule has 2 nitrogen and oxygen atoms in total. The summed E-state index contributed by atoms with van der Waals surface area (Å²) in [6, 6.07) is 80.0. The van der Waals surface area contributed by atoms with E-state index in [2.05, 4.69) is 228 Å². The molecule has 0 unspecified atom stereocenters. The Labute approximate surface area is 346 Å². The molecule has 0 spiro atoms. The van der Waals surface area contributed by atoms with Crippen molar-refractivity contribution in [1.82, 2.24) is 4.57 Å². The Morgan fingerprint density at radius 1 is 0.305 bits per heavy atom. The van der Waals surface area contributed by atoms with Crippen LogP contribution < -0.4 is 4.90 Å². The summed E-state index contributed by atoms with van der Waals surface area (Å²) in [5.41, 5.74) is 11.7. The molecule has 0 N–H and O–H groups in total. The zero-order valence-corrected chi connectivity index (χ0v) is 32.9. The molecule has 0 saturated heterocycles. The fraction of sp³-hybridized carbons (Fsp3) is 0. The second-order valence-corrected chi connectivity index (χ2v) is 16.4. The minimum Gasteiger partial charge on any atom is -0.310 e. The van der Waals surface area contributed by atoms with Gasteiger partial charge in [0, 0.05) is 53.7 Å². The number of hydrogen-bond acceptors (Lipinski definition) is 2. The molecule has 2 heterocycles. The van der Waals surface area contributed by atoms with Gasteiger partial charge in [-0.1, -0.05) is 133 Å². The highest BCUT2D eigenvalue weighted by Crippen LogP contribution is 2.41. The highest BCUT2D eigenvalue weighted by molar-refractivity contribution is 7.25. The molecular weight excluding hydrogens is 733 g/mol. The normalized spacial score (nSPS) is 11.7. The van der Waals surface area contributed by atoms with Gasteiger partial charge < -0.3 is 9.47 Å². The lowest BCUT2D eigenvalue weighted by Gasteiger charge is -2.26. The molecule has 59 heavy (non-hydrogen) atoms. The number of para-hydroxylation sites is 2. The lowest BCUT2D eigenvalue weighted by Crippen LogP contribution is -2.09. The van der Waals surface area contributed by atoms with Gasteiger partial charge in [-0.3, -0.25) is 0 Å². The summed E-state index contributed by atoms with van der Waals surface area (Å²) in [7, 11) is 0. The van der Waals surface area contributed by atoms with Crippen molar-refractivity contribution in [3.05, 3.63) is 218 Å². The largest absolute Gasteiger partial charge is 0.310 e. The third-order valence-corrected chi connectivity index (χ3v) is 13.1. The number of benzene rings is 10. The molecule has 12 aromatic rings. The number of nitrogens with zero attached hydrogens (tertiary/aromatic N) is 2. The van der Waals surface area contributed by atoms with Gasteiger partial charge in [0.15, 0.2) is 0 Å². The lowest BCUT2D eigenvalue weighted by atomic mass is 10.00. The number of hydrogen-bond donors (Lipinski definition) is 0. The topological polar surface area (TPSA) is 8.17 Å². The highest BCUT2D eigenvalue weighted by atomic mass is 32.1. The van der Waals surface area contributed by atoms with Gasteiger partial charge in [-0.15, -0.1) is 11.3 Å². The predicted molar refractivity (Wildman–Crippen MR) is 254 cm³/mol. The smallest absolute Gasteiger partial charge is 0.0541 e. The minimum atomic E-state index is 1.11. The van der Waals surface area contributed by atoms with Crippen molar-refractivity contribution in [2.75, 3.05) is 4.90 Å². The first-order chi connectivity index (χ1) is 29.2. The molecule has 3 heteroatoms. The third kappa shape index (κ3) is 5.62. The summed E-state index contributed by atoms with van der Waals surface area (Å²) in [5, 5.41) is 10.1. The maximum absolute atomic E-state index is 2.39. The molecule has 0 aliphatic carbocycles. The van der Waals surface area contributed by atoms with Gasteiger partial charge in [0.25, 0.3) is 0 Å². The molecule has 2 aromatic heterocycles. The molecule has 0 amide bonds. The Balaban J connectivity index is 0.960. The number of anilines is 3. The summed E-state index contributed by atoms with van der Waals surface area (Å²) in [4.78, 5) is 2.39. The first kappa shape index (κ1) is 33.7. The fourth-order valence-corrected chi connectivity index (χ4v) is 10.2. The average molecular weight is 769 g/mol. The number of thiophene rings is 1. The van der Waals surface area contributed by atoms with Crippen molar-refractivity contribution in [3.8, 4) is 27.9 Å². The molecule has 0 fully saturated rings. The Bertz CT molecular complexity index is 3540. The van der Waals surface area contributed by atoms with E-state index in [0.29, 0.717) is 0 Å². The maximum Gasteiger partial charge on any atom is 0.0541 e. The number of rotatable bonds is 6. The molecule has 0 atom stereocenters. The van der Waals surface area contributed by atoms with Crippen molar-refractivity contribution in [2.45, 2.75) is 0 Å². The van der Waals surface area contributed by atoms with Crippen molar-refractivity contribution >= 4 is 91.9 Å². The number of fused-ring (bicyclic) bond motifs is 9. The summed E-state index contributed by atoms with van der Waals surface area (Å²) in [6.45, 7) is 0. The molecule has 276 valence electrons. The van der Waals surface area contributed by atoms with Crippen molar-refractivity contribution in [3.63, 3.8) is 0 Å². The molecule has 0 aliphatic rings. The summed E-state index contributed by atoms with van der Waals surface area (Å²) >= 11 is 1.86. The van der Waals surface area contributed by atoms with E-state index in [1.54, 1.807) is 0 Å². The molecule has 0 radical (unpaired) electrons. The van der Waals surface area contributed by atoms with Gasteiger partial charge in [-0.25, -0.2) is 0 Å². The van der Waals surface area contributed by atoms with Gasteiger partial charge in [0.2, 0.25) is 0 Å². The van der Waals surface area contributed by atoms with E-state index < -0.39 is 0 Å². The van der Waals surface area contributed by atoms with Crippen LogP contribution in [0.5, 0.6) is 0 Å². The van der Waals surface area contributed by atoms with Gasteiger partial charge in [0.05, 0.1) is 11.0 Å². The average Bonchev–Trinajstić information content (AvgIpc) is 3.85. The minimum absolute atomic E-state index is 1.11. The number of aromatic nitrogens is 1. The van der Waals surface area contributed by atoms with Crippen LogP contribution >= 0.6 is 11.3 Å². The van der Waals surface area contributed by atoms with Gasteiger partial charge in [-0.05, 0) is 129 Å². The van der Waals surface area contributed by atoms with Crippen LogP contribution in [0.4, 0.5) is 17.1 Å². The molecule has 0 aliphatic heterocycles. The molecule has 0 saturated carbocycles. The van der Waals surface area contributed by atoms with Crippen LogP contribution in [0, 0.1) is 0 Å². The fourth-order valence-electron chi connectivity index (χ4n) is 9.10. The van der Waals surface area contributed by atoms with E-state index in [4.69, 9.17) is 0 Å². The van der Waals surface area contributed by atoms with E-state index in [0.717, 1.165) is 17.1 Å². The van der Waals surface area contributed by atoms with E-state index in [1.807, 2.05) is 11.3 Å². The van der Waals surface area contributed by atoms with Crippen LogP contribution in [0.15, 0.2) is 218 Å². The predicted octanol–water partition coefficient (Wildman–Crippen LogP) is 16.3. The zero-order chi connectivity index (χ0) is 38.9. The molecular formula is C56H36N2S. The van der Waals surface area contributed by atoms with Crippen LogP contribution in [0.1, 0.15) is 0 Å². The summed E-state index contributed by atoms with van der Waals surface area (Å²) in [5.74, 6) is 0. The van der Waals surface area contributed by atoms with Crippen LogP contribution in [0.3, 0.4) is 0 Å². The standard InChI is InChI=1S/C56H36N2S/c1-2-11-43(12-3-1)58-53-16-8-6-14-48(53)51-34-41(25-32-54(51)58)37-20-27-44(28-21-37)57(46-31-24-40-19-18-39-10-4-5-13-47(39)50(40)36-46)45-29-22-38(23-30-45)42-26-33-56-52(35-42)49-15-7-9-17-55(49)59-56/h1-36H. The molecule has 0 bridgehead atoms. The molecule has 12 rings (SSSR count). The second kappa shape index (κ2) is 13.6. The van der Waals surface area contributed by atoms with E-state index in [9.17, 15) is 0 Å². The van der Waals surface area contributed by atoms with E-state index in [1.165, 1.54) is 91.5 Å². The zero-order valence-electron chi connectivity index (χ0n) is 32.1. The Morgan fingerprint density at radius 3 is 1.59 bits per heavy atom.